The lowest BCUT2D eigenvalue weighted by Crippen LogP contribution is -2.01. The minimum absolute atomic E-state index is 0.535. The first-order valence-electron chi connectivity index (χ1n) is 6.82. The second-order valence-electron chi connectivity index (χ2n) is 4.61. The number of nitrogens with zero attached hydrogens (tertiary/aromatic N) is 2. The van der Waals surface area contributed by atoms with E-state index in [9.17, 15) is 0 Å². The van der Waals surface area contributed by atoms with E-state index in [2.05, 4.69) is 36.1 Å². The second-order valence-corrected chi connectivity index (χ2v) is 4.61. The molecule has 0 saturated carbocycles. The van der Waals surface area contributed by atoms with Crippen LogP contribution in [0.2, 0.25) is 0 Å². The second kappa shape index (κ2) is 6.80. The number of aryl methyl sites for hydroxylation is 2. The Bertz CT molecular complexity index is 558. The first-order valence-corrected chi connectivity index (χ1v) is 6.82. The number of ether oxygens (including phenoxy) is 1. The van der Waals surface area contributed by atoms with Crippen LogP contribution in [0.25, 0.3) is 0 Å². The van der Waals surface area contributed by atoms with Crippen LogP contribution in [0.1, 0.15) is 18.2 Å². The summed E-state index contributed by atoms with van der Waals surface area (Å²) in [4.78, 5) is 0. The summed E-state index contributed by atoms with van der Waals surface area (Å²) in [5, 5.41) is 7.84. The summed E-state index contributed by atoms with van der Waals surface area (Å²) in [6, 6.07) is 8.08. The molecule has 0 amide bonds. The molecular weight excluding hydrogens is 250 g/mol. The van der Waals surface area contributed by atoms with Gasteiger partial charge in [0.1, 0.15) is 12.4 Å². The number of anilines is 1. The van der Waals surface area contributed by atoms with Crippen LogP contribution in [0, 0.1) is 0 Å². The molecule has 1 aromatic carbocycles. The molecule has 4 heteroatoms. The van der Waals surface area contributed by atoms with E-state index in [1.807, 2.05) is 30.1 Å². The van der Waals surface area contributed by atoms with Crippen molar-refractivity contribution in [2.24, 2.45) is 7.05 Å². The van der Waals surface area contributed by atoms with Crippen molar-refractivity contribution in [3.8, 4) is 5.75 Å². The molecule has 2 rings (SSSR count). The molecule has 0 atom stereocenters. The van der Waals surface area contributed by atoms with Crippen LogP contribution >= 0.6 is 0 Å². The van der Waals surface area contributed by atoms with Gasteiger partial charge < -0.3 is 10.1 Å². The highest BCUT2D eigenvalue weighted by Gasteiger charge is 2.05. The molecule has 0 spiro atoms. The summed E-state index contributed by atoms with van der Waals surface area (Å²) in [6.07, 6.45) is 4.68. The number of nitrogens with one attached hydrogen (secondary N) is 1. The van der Waals surface area contributed by atoms with Gasteiger partial charge in [0.2, 0.25) is 0 Å². The maximum atomic E-state index is 5.46. The highest BCUT2D eigenvalue weighted by molar-refractivity contribution is 5.47. The monoisotopic (exact) mass is 271 g/mol. The normalized spacial score (nSPS) is 10.3. The van der Waals surface area contributed by atoms with Gasteiger partial charge in [-0.3, -0.25) is 4.68 Å². The zero-order valence-corrected chi connectivity index (χ0v) is 12.1. The van der Waals surface area contributed by atoms with Crippen molar-refractivity contribution in [2.45, 2.75) is 19.9 Å². The van der Waals surface area contributed by atoms with Crippen molar-refractivity contribution >= 4 is 5.69 Å². The van der Waals surface area contributed by atoms with Gasteiger partial charge in [-0.05, 0) is 24.1 Å². The number of hydrogen-bond acceptors (Lipinski definition) is 3. The SMILES string of the molecule is C=CCOc1ccc(CNc2cn(C)nc2CC)cc1. The summed E-state index contributed by atoms with van der Waals surface area (Å²) in [7, 11) is 1.94. The van der Waals surface area contributed by atoms with E-state index >= 15 is 0 Å². The Hall–Kier alpha value is -2.23. The van der Waals surface area contributed by atoms with Gasteiger partial charge in [-0.25, -0.2) is 0 Å². The number of aromatic nitrogens is 2. The van der Waals surface area contributed by atoms with E-state index < -0.39 is 0 Å². The summed E-state index contributed by atoms with van der Waals surface area (Å²) in [6.45, 7) is 7.06. The Morgan fingerprint density at radius 1 is 1.35 bits per heavy atom. The number of benzene rings is 1. The molecule has 0 radical (unpaired) electrons. The highest BCUT2D eigenvalue weighted by atomic mass is 16.5. The van der Waals surface area contributed by atoms with Crippen molar-refractivity contribution in [3.05, 3.63) is 54.4 Å². The molecule has 0 fully saturated rings. The van der Waals surface area contributed by atoms with Gasteiger partial charge in [-0.15, -0.1) is 0 Å². The fourth-order valence-corrected chi connectivity index (χ4v) is 2.00. The third-order valence-corrected chi connectivity index (χ3v) is 3.01. The third-order valence-electron chi connectivity index (χ3n) is 3.01. The van der Waals surface area contributed by atoms with E-state index in [0.717, 1.165) is 30.1 Å². The van der Waals surface area contributed by atoms with Gasteiger partial charge in [0.15, 0.2) is 0 Å². The van der Waals surface area contributed by atoms with Crippen LogP contribution in [0.5, 0.6) is 5.75 Å². The largest absolute Gasteiger partial charge is 0.490 e. The molecule has 0 saturated heterocycles. The molecule has 1 N–H and O–H groups in total. The summed E-state index contributed by atoms with van der Waals surface area (Å²) >= 11 is 0. The Balaban J connectivity index is 1.94. The van der Waals surface area contributed by atoms with E-state index in [1.165, 1.54) is 5.56 Å². The highest BCUT2D eigenvalue weighted by Crippen LogP contribution is 2.17. The van der Waals surface area contributed by atoms with Crippen molar-refractivity contribution in [3.63, 3.8) is 0 Å². The number of rotatable bonds is 7. The van der Waals surface area contributed by atoms with Gasteiger partial charge >= 0.3 is 0 Å². The van der Waals surface area contributed by atoms with Gasteiger partial charge in [0.05, 0.1) is 11.4 Å². The van der Waals surface area contributed by atoms with Crippen LogP contribution in [0.15, 0.2) is 43.1 Å². The van der Waals surface area contributed by atoms with Crippen LogP contribution in [-0.2, 0) is 20.0 Å². The Morgan fingerprint density at radius 2 is 2.10 bits per heavy atom. The van der Waals surface area contributed by atoms with Crippen molar-refractivity contribution in [1.82, 2.24) is 9.78 Å². The molecule has 2 aromatic rings. The maximum Gasteiger partial charge on any atom is 0.119 e. The van der Waals surface area contributed by atoms with E-state index in [1.54, 1.807) is 6.08 Å². The van der Waals surface area contributed by atoms with Crippen LogP contribution < -0.4 is 10.1 Å². The minimum Gasteiger partial charge on any atom is -0.490 e. The molecule has 1 aromatic heterocycles. The average Bonchev–Trinajstić information content (AvgIpc) is 2.84. The van der Waals surface area contributed by atoms with Gasteiger partial charge in [-0.2, -0.15) is 5.10 Å². The Kier molecular flexibility index (Phi) is 4.82. The molecule has 106 valence electrons. The van der Waals surface area contributed by atoms with Gasteiger partial charge in [-0.1, -0.05) is 31.7 Å². The molecule has 1 heterocycles. The molecule has 0 aliphatic rings. The standard InChI is InChI=1S/C16H21N3O/c1-4-10-20-14-8-6-13(7-9-14)11-17-16-12-19(3)18-15(16)5-2/h4,6-9,12,17H,1,5,10-11H2,2-3H3. The molecule has 0 bridgehead atoms. The third kappa shape index (κ3) is 3.63. The van der Waals surface area contributed by atoms with Crippen molar-refractivity contribution in [2.75, 3.05) is 11.9 Å². The Morgan fingerprint density at radius 3 is 2.75 bits per heavy atom. The molecule has 0 aliphatic carbocycles. The first-order chi connectivity index (χ1) is 9.72. The van der Waals surface area contributed by atoms with Crippen molar-refractivity contribution < 1.29 is 4.74 Å². The van der Waals surface area contributed by atoms with E-state index in [-0.39, 0.29) is 0 Å². The summed E-state index contributed by atoms with van der Waals surface area (Å²) in [5.41, 5.74) is 3.40. The number of hydrogen-bond donors (Lipinski definition) is 1. The fourth-order valence-electron chi connectivity index (χ4n) is 2.00. The van der Waals surface area contributed by atoms with E-state index in [4.69, 9.17) is 4.74 Å². The van der Waals surface area contributed by atoms with Gasteiger partial charge in [0.25, 0.3) is 0 Å². The lowest BCUT2D eigenvalue weighted by molar-refractivity contribution is 0.363. The molecule has 0 aliphatic heterocycles. The lowest BCUT2D eigenvalue weighted by Gasteiger charge is -2.07. The summed E-state index contributed by atoms with van der Waals surface area (Å²) < 4.78 is 7.30. The minimum atomic E-state index is 0.535. The summed E-state index contributed by atoms with van der Waals surface area (Å²) in [5.74, 6) is 0.865. The molecule has 4 nitrogen and oxygen atoms in total. The first kappa shape index (κ1) is 14.2. The average molecular weight is 271 g/mol. The van der Waals surface area contributed by atoms with Crippen LogP contribution in [0.4, 0.5) is 5.69 Å². The van der Waals surface area contributed by atoms with Crippen molar-refractivity contribution in [1.29, 1.82) is 0 Å². The van der Waals surface area contributed by atoms with Gasteiger partial charge in [0, 0.05) is 19.8 Å². The van der Waals surface area contributed by atoms with Crippen LogP contribution in [0.3, 0.4) is 0 Å². The lowest BCUT2D eigenvalue weighted by atomic mass is 10.2. The molecule has 0 unspecified atom stereocenters. The fraction of sp³-hybridized carbons (Fsp3) is 0.312. The quantitative estimate of drug-likeness (QED) is 0.786. The Labute approximate surface area is 120 Å². The predicted molar refractivity (Wildman–Crippen MR) is 82.0 cm³/mol. The maximum absolute atomic E-state index is 5.46. The zero-order chi connectivity index (χ0) is 14.4. The molecule has 20 heavy (non-hydrogen) atoms. The van der Waals surface area contributed by atoms with Crippen LogP contribution in [-0.4, -0.2) is 16.4 Å². The topological polar surface area (TPSA) is 39.1 Å². The zero-order valence-electron chi connectivity index (χ0n) is 12.1. The molecular formula is C16H21N3O. The predicted octanol–water partition coefficient (Wildman–Crippen LogP) is 3.16. The smallest absolute Gasteiger partial charge is 0.119 e. The van der Waals surface area contributed by atoms with E-state index in [0.29, 0.717) is 6.61 Å².